The summed E-state index contributed by atoms with van der Waals surface area (Å²) in [5, 5.41) is 21.7. The van der Waals surface area contributed by atoms with E-state index < -0.39 is 0 Å². The summed E-state index contributed by atoms with van der Waals surface area (Å²) < 4.78 is 0. The van der Waals surface area contributed by atoms with E-state index in [2.05, 4.69) is 11.6 Å². The fourth-order valence-electron chi connectivity index (χ4n) is 1.10. The molecule has 0 bridgehead atoms. The molecule has 1 aromatic carbocycles. The lowest BCUT2D eigenvalue weighted by Gasteiger charge is -2.06. The van der Waals surface area contributed by atoms with Crippen molar-refractivity contribution in [2.75, 3.05) is 18.6 Å². The van der Waals surface area contributed by atoms with Crippen molar-refractivity contribution in [3.63, 3.8) is 0 Å². The SMILES string of the molecule is CSCCNCc1ccc(O)cc1O. The summed E-state index contributed by atoms with van der Waals surface area (Å²) in [5.41, 5.74) is 0.809. The maximum atomic E-state index is 9.44. The molecule has 0 aromatic heterocycles. The molecule has 1 rings (SSSR count). The van der Waals surface area contributed by atoms with Crippen LogP contribution >= 0.6 is 11.8 Å². The number of nitrogens with one attached hydrogen (secondary N) is 1. The molecule has 0 saturated carbocycles. The van der Waals surface area contributed by atoms with Crippen LogP contribution in [-0.2, 0) is 6.54 Å². The second-order valence-corrected chi connectivity index (χ2v) is 3.97. The van der Waals surface area contributed by atoms with E-state index in [1.165, 1.54) is 6.07 Å². The van der Waals surface area contributed by atoms with E-state index in [4.69, 9.17) is 5.11 Å². The molecule has 3 N–H and O–H groups in total. The highest BCUT2D eigenvalue weighted by Crippen LogP contribution is 2.21. The molecule has 3 nitrogen and oxygen atoms in total. The number of phenols is 2. The Kier molecular flexibility index (Phi) is 4.62. The summed E-state index contributed by atoms with van der Waals surface area (Å²) >= 11 is 1.78. The van der Waals surface area contributed by atoms with Gasteiger partial charge in [0.2, 0.25) is 0 Å². The van der Waals surface area contributed by atoms with Gasteiger partial charge in [0.05, 0.1) is 0 Å². The molecule has 0 aliphatic heterocycles. The number of benzene rings is 1. The zero-order valence-corrected chi connectivity index (χ0v) is 8.97. The molecule has 14 heavy (non-hydrogen) atoms. The van der Waals surface area contributed by atoms with Gasteiger partial charge in [-0.2, -0.15) is 11.8 Å². The first-order chi connectivity index (χ1) is 6.74. The van der Waals surface area contributed by atoms with Gasteiger partial charge >= 0.3 is 0 Å². The fourth-order valence-corrected chi connectivity index (χ4v) is 1.45. The average Bonchev–Trinajstić information content (AvgIpc) is 2.15. The highest BCUT2D eigenvalue weighted by Gasteiger charge is 2.00. The number of hydrogen-bond donors (Lipinski definition) is 3. The van der Waals surface area contributed by atoms with Gasteiger partial charge in [0.25, 0.3) is 0 Å². The van der Waals surface area contributed by atoms with Crippen LogP contribution in [0.3, 0.4) is 0 Å². The Hall–Kier alpha value is -0.870. The maximum absolute atomic E-state index is 9.44. The minimum absolute atomic E-state index is 0.0929. The van der Waals surface area contributed by atoms with E-state index in [1.54, 1.807) is 23.9 Å². The van der Waals surface area contributed by atoms with Crippen LogP contribution in [0.2, 0.25) is 0 Å². The Labute approximate surface area is 88.2 Å². The number of phenolic OH excluding ortho intramolecular Hbond substituents is 2. The molecule has 1 aromatic rings. The van der Waals surface area contributed by atoms with E-state index in [0.717, 1.165) is 17.9 Å². The van der Waals surface area contributed by atoms with Gasteiger partial charge in [-0.15, -0.1) is 0 Å². The Morgan fingerprint density at radius 2 is 2.14 bits per heavy atom. The Balaban J connectivity index is 2.42. The van der Waals surface area contributed by atoms with Crippen LogP contribution < -0.4 is 5.32 Å². The molecule has 0 spiro atoms. The first-order valence-electron chi connectivity index (χ1n) is 4.44. The van der Waals surface area contributed by atoms with Gasteiger partial charge in [0.1, 0.15) is 11.5 Å². The lowest BCUT2D eigenvalue weighted by Crippen LogP contribution is -2.16. The van der Waals surface area contributed by atoms with E-state index in [0.29, 0.717) is 6.54 Å². The van der Waals surface area contributed by atoms with Gasteiger partial charge < -0.3 is 15.5 Å². The predicted octanol–water partition coefficient (Wildman–Crippen LogP) is 1.55. The van der Waals surface area contributed by atoms with Gasteiger partial charge in [-0.25, -0.2) is 0 Å². The van der Waals surface area contributed by atoms with Crippen molar-refractivity contribution >= 4 is 11.8 Å². The predicted molar refractivity (Wildman–Crippen MR) is 59.9 cm³/mol. The standard InChI is InChI=1S/C10H15NO2S/c1-14-5-4-11-7-8-2-3-9(12)6-10(8)13/h2-3,6,11-13H,4-5,7H2,1H3. The summed E-state index contributed by atoms with van der Waals surface area (Å²) in [5.74, 6) is 1.29. The quantitative estimate of drug-likeness (QED) is 0.650. The highest BCUT2D eigenvalue weighted by molar-refractivity contribution is 7.98. The molecule has 0 saturated heterocycles. The topological polar surface area (TPSA) is 52.5 Å². The van der Waals surface area contributed by atoms with E-state index in [9.17, 15) is 5.11 Å². The van der Waals surface area contributed by atoms with E-state index in [-0.39, 0.29) is 11.5 Å². The smallest absolute Gasteiger partial charge is 0.123 e. The third kappa shape index (κ3) is 3.47. The largest absolute Gasteiger partial charge is 0.508 e. The van der Waals surface area contributed by atoms with Crippen molar-refractivity contribution in [2.24, 2.45) is 0 Å². The summed E-state index contributed by atoms with van der Waals surface area (Å²) in [6, 6.07) is 4.65. The third-order valence-corrected chi connectivity index (χ3v) is 2.48. The lowest BCUT2D eigenvalue weighted by atomic mass is 10.2. The van der Waals surface area contributed by atoms with Gasteiger partial charge in [-0.1, -0.05) is 6.07 Å². The van der Waals surface area contributed by atoms with Gasteiger partial charge in [-0.3, -0.25) is 0 Å². The van der Waals surface area contributed by atoms with Crippen molar-refractivity contribution in [3.05, 3.63) is 23.8 Å². The molecule has 0 radical (unpaired) electrons. The Bertz CT molecular complexity index is 291. The van der Waals surface area contributed by atoms with Crippen molar-refractivity contribution in [1.29, 1.82) is 0 Å². The summed E-state index contributed by atoms with van der Waals surface area (Å²) in [7, 11) is 0. The van der Waals surface area contributed by atoms with Crippen LogP contribution in [0.4, 0.5) is 0 Å². The molecular weight excluding hydrogens is 198 g/mol. The molecule has 0 atom stereocenters. The number of aromatic hydroxyl groups is 2. The summed E-state index contributed by atoms with van der Waals surface area (Å²) in [6.07, 6.45) is 2.06. The van der Waals surface area contributed by atoms with E-state index in [1.807, 2.05) is 0 Å². The van der Waals surface area contributed by atoms with Crippen molar-refractivity contribution in [3.8, 4) is 11.5 Å². The molecule has 0 amide bonds. The van der Waals surface area contributed by atoms with Crippen LogP contribution in [0.1, 0.15) is 5.56 Å². The average molecular weight is 213 g/mol. The first-order valence-corrected chi connectivity index (χ1v) is 5.84. The van der Waals surface area contributed by atoms with Crippen molar-refractivity contribution in [1.82, 2.24) is 5.32 Å². The second kappa shape index (κ2) is 5.78. The van der Waals surface area contributed by atoms with Gasteiger partial charge in [0.15, 0.2) is 0 Å². The van der Waals surface area contributed by atoms with Gasteiger partial charge in [0, 0.05) is 30.5 Å². The normalized spacial score (nSPS) is 10.4. The first kappa shape index (κ1) is 11.2. The summed E-state index contributed by atoms with van der Waals surface area (Å²) in [6.45, 7) is 1.55. The van der Waals surface area contributed by atoms with Gasteiger partial charge in [-0.05, 0) is 12.3 Å². The Morgan fingerprint density at radius 3 is 2.79 bits per heavy atom. The minimum atomic E-state index is 0.0929. The van der Waals surface area contributed by atoms with Crippen molar-refractivity contribution in [2.45, 2.75) is 6.54 Å². The lowest BCUT2D eigenvalue weighted by molar-refractivity contribution is 0.444. The molecule has 0 heterocycles. The second-order valence-electron chi connectivity index (χ2n) is 2.98. The molecule has 0 unspecified atom stereocenters. The maximum Gasteiger partial charge on any atom is 0.123 e. The monoisotopic (exact) mass is 213 g/mol. The van der Waals surface area contributed by atoms with E-state index >= 15 is 0 Å². The van der Waals surface area contributed by atoms with Crippen molar-refractivity contribution < 1.29 is 10.2 Å². The van der Waals surface area contributed by atoms with Crippen LogP contribution in [0, 0.1) is 0 Å². The molecule has 0 aliphatic rings. The molecule has 4 heteroatoms. The summed E-state index contributed by atoms with van der Waals surface area (Å²) in [4.78, 5) is 0. The van der Waals surface area contributed by atoms with Crippen LogP contribution in [0.25, 0.3) is 0 Å². The molecular formula is C10H15NO2S. The third-order valence-electron chi connectivity index (χ3n) is 1.87. The molecule has 78 valence electrons. The van der Waals surface area contributed by atoms with Crippen LogP contribution in [-0.4, -0.2) is 28.8 Å². The number of rotatable bonds is 5. The zero-order chi connectivity index (χ0) is 10.4. The molecule has 0 fully saturated rings. The molecule has 0 aliphatic carbocycles. The number of hydrogen-bond acceptors (Lipinski definition) is 4. The Morgan fingerprint density at radius 1 is 1.36 bits per heavy atom. The highest BCUT2D eigenvalue weighted by atomic mass is 32.2. The number of thioether (sulfide) groups is 1. The fraction of sp³-hybridized carbons (Fsp3) is 0.400. The zero-order valence-electron chi connectivity index (χ0n) is 8.16. The van der Waals surface area contributed by atoms with Crippen LogP contribution in [0.5, 0.6) is 11.5 Å². The van der Waals surface area contributed by atoms with Crippen LogP contribution in [0.15, 0.2) is 18.2 Å². The minimum Gasteiger partial charge on any atom is -0.508 e.